The number of halogens is 1. The van der Waals surface area contributed by atoms with Gasteiger partial charge >= 0.3 is 0 Å². The lowest BCUT2D eigenvalue weighted by atomic mass is 10.1. The molecule has 1 nitrogen and oxygen atoms in total. The molecule has 0 spiro atoms. The predicted molar refractivity (Wildman–Crippen MR) is 56.7 cm³/mol. The van der Waals surface area contributed by atoms with E-state index in [0.29, 0.717) is 11.8 Å². The Morgan fingerprint density at radius 3 is 2.46 bits per heavy atom. The van der Waals surface area contributed by atoms with Gasteiger partial charge in [-0.05, 0) is 42.9 Å². The van der Waals surface area contributed by atoms with Gasteiger partial charge in [-0.25, -0.2) is 0 Å². The fraction of sp³-hybridized carbons (Fsp3) is 0.455. The molecule has 0 radical (unpaired) electrons. The Morgan fingerprint density at radius 1 is 1.38 bits per heavy atom. The van der Waals surface area contributed by atoms with E-state index in [4.69, 9.17) is 0 Å². The maximum absolute atomic E-state index is 9.37. The third-order valence-electron chi connectivity index (χ3n) is 2.76. The standard InChI is InChI=1S/C11H13BrO/c1-7(13)10-6-11(10)8-2-4-9(12)5-3-8/h2-5,7,10-11,13H,6H2,1H3/t7-,10+,11+/m0/s1. The highest BCUT2D eigenvalue weighted by Gasteiger charge is 2.41. The molecule has 1 aromatic carbocycles. The van der Waals surface area contributed by atoms with Gasteiger partial charge in [-0.2, -0.15) is 0 Å². The van der Waals surface area contributed by atoms with E-state index in [-0.39, 0.29) is 6.10 Å². The summed E-state index contributed by atoms with van der Waals surface area (Å²) in [4.78, 5) is 0. The maximum Gasteiger partial charge on any atom is 0.0546 e. The van der Waals surface area contributed by atoms with Crippen LogP contribution in [0.5, 0.6) is 0 Å². The molecule has 0 bridgehead atoms. The highest BCUT2D eigenvalue weighted by molar-refractivity contribution is 9.10. The smallest absolute Gasteiger partial charge is 0.0546 e. The van der Waals surface area contributed by atoms with Gasteiger partial charge in [-0.3, -0.25) is 0 Å². The summed E-state index contributed by atoms with van der Waals surface area (Å²) in [6.07, 6.45) is 0.980. The zero-order valence-electron chi connectivity index (χ0n) is 7.57. The van der Waals surface area contributed by atoms with Crippen LogP contribution < -0.4 is 0 Å². The number of aliphatic hydroxyl groups excluding tert-OH is 1. The second kappa shape index (κ2) is 3.43. The van der Waals surface area contributed by atoms with Gasteiger partial charge in [0.25, 0.3) is 0 Å². The second-order valence-corrected chi connectivity index (χ2v) is 4.71. The van der Waals surface area contributed by atoms with Crippen molar-refractivity contribution < 1.29 is 5.11 Å². The first-order valence-corrected chi connectivity index (χ1v) is 5.41. The number of benzene rings is 1. The van der Waals surface area contributed by atoms with E-state index in [1.807, 2.05) is 6.92 Å². The molecule has 0 aromatic heterocycles. The molecule has 1 aliphatic rings. The van der Waals surface area contributed by atoms with E-state index in [1.165, 1.54) is 5.56 Å². The number of hydrogen-bond donors (Lipinski definition) is 1. The zero-order valence-corrected chi connectivity index (χ0v) is 9.16. The van der Waals surface area contributed by atoms with Crippen LogP contribution in [0.25, 0.3) is 0 Å². The van der Waals surface area contributed by atoms with Gasteiger partial charge in [0.2, 0.25) is 0 Å². The van der Waals surface area contributed by atoms with Crippen LogP contribution >= 0.6 is 15.9 Å². The van der Waals surface area contributed by atoms with Gasteiger partial charge in [0, 0.05) is 4.47 Å². The molecule has 0 saturated heterocycles. The van der Waals surface area contributed by atoms with Crippen molar-refractivity contribution >= 4 is 15.9 Å². The van der Waals surface area contributed by atoms with Crippen LogP contribution in [0.4, 0.5) is 0 Å². The fourth-order valence-corrected chi connectivity index (χ4v) is 2.11. The number of aliphatic hydroxyl groups is 1. The first kappa shape index (κ1) is 9.22. The topological polar surface area (TPSA) is 20.2 Å². The molecular formula is C11H13BrO. The van der Waals surface area contributed by atoms with Crippen LogP contribution in [0.1, 0.15) is 24.8 Å². The monoisotopic (exact) mass is 240 g/mol. The summed E-state index contributed by atoms with van der Waals surface area (Å²) in [6.45, 7) is 1.88. The highest BCUT2D eigenvalue weighted by atomic mass is 79.9. The van der Waals surface area contributed by atoms with Gasteiger partial charge in [0.1, 0.15) is 0 Å². The summed E-state index contributed by atoms with van der Waals surface area (Å²) >= 11 is 3.41. The summed E-state index contributed by atoms with van der Waals surface area (Å²) in [5.74, 6) is 1.08. The SMILES string of the molecule is C[C@H](O)[C@H]1C[C@@H]1c1ccc(Br)cc1. The van der Waals surface area contributed by atoms with E-state index in [2.05, 4.69) is 40.2 Å². The summed E-state index contributed by atoms with van der Waals surface area (Å²) in [5, 5.41) is 9.37. The Kier molecular flexibility index (Phi) is 2.43. The molecule has 3 atom stereocenters. The van der Waals surface area contributed by atoms with Crippen molar-refractivity contribution in [1.82, 2.24) is 0 Å². The molecule has 0 unspecified atom stereocenters. The molecule has 13 heavy (non-hydrogen) atoms. The largest absolute Gasteiger partial charge is 0.393 e. The summed E-state index contributed by atoms with van der Waals surface area (Å²) in [6, 6.07) is 8.40. The minimum atomic E-state index is -0.159. The van der Waals surface area contributed by atoms with Crippen molar-refractivity contribution in [1.29, 1.82) is 0 Å². The maximum atomic E-state index is 9.37. The summed E-state index contributed by atoms with van der Waals surface area (Å²) in [7, 11) is 0. The van der Waals surface area contributed by atoms with Crippen LogP contribution in [-0.2, 0) is 0 Å². The van der Waals surface area contributed by atoms with Crippen LogP contribution in [-0.4, -0.2) is 11.2 Å². The van der Waals surface area contributed by atoms with Crippen LogP contribution in [0.2, 0.25) is 0 Å². The summed E-state index contributed by atoms with van der Waals surface area (Å²) in [5.41, 5.74) is 1.36. The first-order chi connectivity index (χ1) is 6.18. The lowest BCUT2D eigenvalue weighted by molar-refractivity contribution is 0.169. The molecule has 2 heteroatoms. The molecule has 1 fully saturated rings. The predicted octanol–water partition coefficient (Wildman–Crippen LogP) is 2.93. The van der Waals surface area contributed by atoms with Crippen LogP contribution in [0.3, 0.4) is 0 Å². The van der Waals surface area contributed by atoms with Crippen molar-refractivity contribution in [2.75, 3.05) is 0 Å². The van der Waals surface area contributed by atoms with Crippen molar-refractivity contribution in [2.45, 2.75) is 25.4 Å². The minimum absolute atomic E-state index is 0.159. The average molecular weight is 241 g/mol. The molecule has 2 rings (SSSR count). The third kappa shape index (κ3) is 1.94. The average Bonchev–Trinajstić information content (AvgIpc) is 2.85. The lowest BCUT2D eigenvalue weighted by Gasteiger charge is -2.02. The molecular weight excluding hydrogens is 228 g/mol. The van der Waals surface area contributed by atoms with Gasteiger partial charge in [0.15, 0.2) is 0 Å². The second-order valence-electron chi connectivity index (χ2n) is 3.80. The van der Waals surface area contributed by atoms with Crippen molar-refractivity contribution in [3.05, 3.63) is 34.3 Å². The van der Waals surface area contributed by atoms with Crippen LogP contribution in [0.15, 0.2) is 28.7 Å². The molecule has 70 valence electrons. The lowest BCUT2D eigenvalue weighted by Crippen LogP contribution is -2.03. The molecule has 0 aliphatic heterocycles. The highest BCUT2D eigenvalue weighted by Crippen LogP contribution is 2.49. The molecule has 0 heterocycles. The van der Waals surface area contributed by atoms with Crippen molar-refractivity contribution in [3.63, 3.8) is 0 Å². The molecule has 1 N–H and O–H groups in total. The number of rotatable bonds is 2. The Bertz CT molecular complexity index is 291. The van der Waals surface area contributed by atoms with E-state index in [0.717, 1.165) is 10.9 Å². The number of hydrogen-bond acceptors (Lipinski definition) is 1. The normalized spacial score (nSPS) is 28.5. The van der Waals surface area contributed by atoms with Crippen molar-refractivity contribution in [3.8, 4) is 0 Å². The Morgan fingerprint density at radius 2 is 2.00 bits per heavy atom. The molecule has 1 aliphatic carbocycles. The third-order valence-corrected chi connectivity index (χ3v) is 3.29. The van der Waals surface area contributed by atoms with Gasteiger partial charge in [0.05, 0.1) is 6.10 Å². The van der Waals surface area contributed by atoms with Gasteiger partial charge in [-0.1, -0.05) is 28.1 Å². The molecule has 1 saturated carbocycles. The Balaban J connectivity index is 2.08. The van der Waals surface area contributed by atoms with E-state index in [1.54, 1.807) is 0 Å². The molecule has 1 aromatic rings. The van der Waals surface area contributed by atoms with E-state index < -0.39 is 0 Å². The van der Waals surface area contributed by atoms with E-state index >= 15 is 0 Å². The quantitative estimate of drug-likeness (QED) is 0.843. The minimum Gasteiger partial charge on any atom is -0.393 e. The first-order valence-electron chi connectivity index (χ1n) is 4.62. The zero-order chi connectivity index (χ0) is 9.42. The van der Waals surface area contributed by atoms with Gasteiger partial charge < -0.3 is 5.11 Å². The van der Waals surface area contributed by atoms with Crippen molar-refractivity contribution in [2.24, 2.45) is 5.92 Å². The van der Waals surface area contributed by atoms with Crippen LogP contribution in [0, 0.1) is 5.92 Å². The fourth-order valence-electron chi connectivity index (χ4n) is 1.84. The Hall–Kier alpha value is -0.340. The van der Waals surface area contributed by atoms with Gasteiger partial charge in [-0.15, -0.1) is 0 Å². The molecule has 0 amide bonds. The summed E-state index contributed by atoms with van der Waals surface area (Å²) < 4.78 is 1.12. The van der Waals surface area contributed by atoms with E-state index in [9.17, 15) is 5.11 Å². The Labute approximate surface area is 86.9 Å².